The van der Waals surface area contributed by atoms with Crippen molar-refractivity contribution in [2.24, 2.45) is 10.2 Å². The van der Waals surface area contributed by atoms with Gasteiger partial charge in [-0.15, -0.1) is 5.10 Å². The van der Waals surface area contributed by atoms with Gasteiger partial charge in [0, 0.05) is 18.7 Å². The van der Waals surface area contributed by atoms with E-state index in [0.29, 0.717) is 15.9 Å². The Kier molecular flexibility index (Phi) is 5.07. The van der Waals surface area contributed by atoms with Gasteiger partial charge in [0.1, 0.15) is 5.75 Å². The summed E-state index contributed by atoms with van der Waals surface area (Å²) in [6.45, 7) is 2.04. The predicted molar refractivity (Wildman–Crippen MR) is 95.1 cm³/mol. The number of amides is 1. The maximum Gasteiger partial charge on any atom is 0.236 e. The van der Waals surface area contributed by atoms with Crippen molar-refractivity contribution < 1.29 is 9.53 Å². The van der Waals surface area contributed by atoms with Gasteiger partial charge in [-0.1, -0.05) is 23.4 Å². The fourth-order valence-corrected chi connectivity index (χ4v) is 3.39. The molecule has 6 nitrogen and oxygen atoms in total. The Hall–Kier alpha value is -1.73. The van der Waals surface area contributed by atoms with Crippen LogP contribution in [-0.4, -0.2) is 43.2 Å². The van der Waals surface area contributed by atoms with Gasteiger partial charge < -0.3 is 15.0 Å². The van der Waals surface area contributed by atoms with Crippen molar-refractivity contribution in [1.82, 2.24) is 5.32 Å². The SMILES string of the molecule is COc1cc(C=NN=C2NC(=O)CS2)c(Cl)cc1N1CCCC1. The first-order chi connectivity index (χ1) is 11.2. The molecule has 2 aliphatic heterocycles. The van der Waals surface area contributed by atoms with E-state index >= 15 is 0 Å². The number of benzene rings is 1. The topological polar surface area (TPSA) is 66.3 Å². The van der Waals surface area contributed by atoms with E-state index in [4.69, 9.17) is 16.3 Å². The Morgan fingerprint density at radius 3 is 2.83 bits per heavy atom. The van der Waals surface area contributed by atoms with Gasteiger partial charge >= 0.3 is 0 Å². The molecule has 1 aromatic carbocycles. The van der Waals surface area contributed by atoms with Crippen LogP contribution in [0.5, 0.6) is 5.75 Å². The second-order valence-electron chi connectivity index (χ2n) is 5.23. The van der Waals surface area contributed by atoms with Gasteiger partial charge in [-0.25, -0.2) is 0 Å². The molecule has 0 unspecified atom stereocenters. The largest absolute Gasteiger partial charge is 0.495 e. The molecule has 3 rings (SSSR count). The van der Waals surface area contributed by atoms with Gasteiger partial charge in [-0.2, -0.15) is 5.10 Å². The summed E-state index contributed by atoms with van der Waals surface area (Å²) in [6.07, 6.45) is 3.94. The van der Waals surface area contributed by atoms with E-state index in [1.807, 2.05) is 12.1 Å². The molecule has 0 atom stereocenters. The molecule has 2 saturated heterocycles. The average Bonchev–Trinajstić information content (AvgIpc) is 3.20. The minimum Gasteiger partial charge on any atom is -0.495 e. The minimum absolute atomic E-state index is 0.0568. The molecular formula is C15H17ClN4O2S. The monoisotopic (exact) mass is 352 g/mol. The van der Waals surface area contributed by atoms with E-state index < -0.39 is 0 Å². The zero-order valence-corrected chi connectivity index (χ0v) is 14.3. The molecule has 0 radical (unpaired) electrons. The van der Waals surface area contributed by atoms with Crippen LogP contribution in [0.4, 0.5) is 5.69 Å². The van der Waals surface area contributed by atoms with Gasteiger partial charge in [-0.05, 0) is 25.0 Å². The molecule has 2 aliphatic rings. The molecule has 0 aliphatic carbocycles. The quantitative estimate of drug-likeness (QED) is 0.668. The molecule has 0 bridgehead atoms. The number of halogens is 1. The smallest absolute Gasteiger partial charge is 0.236 e. The highest BCUT2D eigenvalue weighted by atomic mass is 35.5. The van der Waals surface area contributed by atoms with Crippen LogP contribution in [0.3, 0.4) is 0 Å². The summed E-state index contributed by atoms with van der Waals surface area (Å²) < 4.78 is 5.49. The number of nitrogens with zero attached hydrogens (tertiary/aromatic N) is 3. The van der Waals surface area contributed by atoms with Crippen molar-refractivity contribution in [3.63, 3.8) is 0 Å². The average molecular weight is 353 g/mol. The lowest BCUT2D eigenvalue weighted by Crippen LogP contribution is -2.19. The molecule has 0 spiro atoms. The first-order valence-corrected chi connectivity index (χ1v) is 8.70. The van der Waals surface area contributed by atoms with Crippen molar-refractivity contribution in [1.29, 1.82) is 0 Å². The standard InChI is InChI=1S/C15H17ClN4O2S/c1-22-13-6-10(8-17-19-15-18-14(21)9-23-15)11(16)7-12(13)20-4-2-3-5-20/h6-8H,2-5,9H2,1H3,(H,18,19,21). The molecule has 0 aromatic heterocycles. The third-order valence-corrected chi connectivity index (χ3v) is 4.87. The van der Waals surface area contributed by atoms with Gasteiger partial charge in [0.05, 0.1) is 29.8 Å². The zero-order chi connectivity index (χ0) is 16.2. The van der Waals surface area contributed by atoms with E-state index in [1.165, 1.54) is 24.6 Å². The molecule has 1 N–H and O–H groups in total. The molecule has 2 heterocycles. The number of rotatable bonds is 4. The number of ether oxygens (including phenoxy) is 1. The molecule has 8 heteroatoms. The van der Waals surface area contributed by atoms with Crippen LogP contribution in [-0.2, 0) is 4.79 Å². The van der Waals surface area contributed by atoms with Crippen LogP contribution in [0.2, 0.25) is 5.02 Å². The van der Waals surface area contributed by atoms with Crippen molar-refractivity contribution in [2.75, 3.05) is 30.9 Å². The summed E-state index contributed by atoms with van der Waals surface area (Å²) in [6, 6.07) is 3.77. The molecule has 122 valence electrons. The van der Waals surface area contributed by atoms with E-state index in [1.54, 1.807) is 13.3 Å². The number of hydrogen-bond donors (Lipinski definition) is 1. The fraction of sp³-hybridized carbons (Fsp3) is 0.400. The minimum atomic E-state index is -0.0568. The highest BCUT2D eigenvalue weighted by Crippen LogP contribution is 2.35. The van der Waals surface area contributed by atoms with Crippen LogP contribution in [0.1, 0.15) is 18.4 Å². The number of carbonyl (C=O) groups is 1. The summed E-state index contributed by atoms with van der Waals surface area (Å²) in [4.78, 5) is 13.4. The first kappa shape index (κ1) is 16.1. The molecule has 1 aromatic rings. The highest BCUT2D eigenvalue weighted by molar-refractivity contribution is 8.15. The zero-order valence-electron chi connectivity index (χ0n) is 12.7. The van der Waals surface area contributed by atoms with Crippen LogP contribution >= 0.6 is 23.4 Å². The van der Waals surface area contributed by atoms with Gasteiger partial charge in [0.2, 0.25) is 5.91 Å². The lowest BCUT2D eigenvalue weighted by atomic mass is 10.2. The van der Waals surface area contributed by atoms with Crippen LogP contribution in [0.25, 0.3) is 0 Å². The second-order valence-corrected chi connectivity index (χ2v) is 6.60. The number of carbonyl (C=O) groups excluding carboxylic acids is 1. The van der Waals surface area contributed by atoms with Crippen molar-refractivity contribution in [2.45, 2.75) is 12.8 Å². The summed E-state index contributed by atoms with van der Waals surface area (Å²) in [5.74, 6) is 1.10. The summed E-state index contributed by atoms with van der Waals surface area (Å²) in [5.41, 5.74) is 1.74. The first-order valence-electron chi connectivity index (χ1n) is 7.33. The number of nitrogens with one attached hydrogen (secondary N) is 1. The Balaban J connectivity index is 1.81. The Morgan fingerprint density at radius 1 is 1.39 bits per heavy atom. The number of thioether (sulfide) groups is 1. The Bertz CT molecular complexity index is 672. The summed E-state index contributed by atoms with van der Waals surface area (Å²) in [5, 5.41) is 11.7. The lowest BCUT2D eigenvalue weighted by Gasteiger charge is -2.21. The third kappa shape index (κ3) is 3.79. The second kappa shape index (κ2) is 7.23. The molecule has 0 saturated carbocycles. The maximum absolute atomic E-state index is 11.1. The molecular weight excluding hydrogens is 336 g/mol. The number of hydrogen-bond acceptors (Lipinski definition) is 6. The van der Waals surface area contributed by atoms with Crippen LogP contribution in [0, 0.1) is 0 Å². The number of amidine groups is 1. The third-order valence-electron chi connectivity index (χ3n) is 3.68. The lowest BCUT2D eigenvalue weighted by molar-refractivity contribution is -0.116. The maximum atomic E-state index is 11.1. The van der Waals surface area contributed by atoms with Crippen LogP contribution in [0.15, 0.2) is 22.3 Å². The van der Waals surface area contributed by atoms with Gasteiger partial charge in [-0.3, -0.25) is 4.79 Å². The van der Waals surface area contributed by atoms with Gasteiger partial charge in [0.25, 0.3) is 0 Å². The Morgan fingerprint density at radius 2 is 2.17 bits per heavy atom. The highest BCUT2D eigenvalue weighted by Gasteiger charge is 2.18. The van der Waals surface area contributed by atoms with E-state index in [-0.39, 0.29) is 5.91 Å². The summed E-state index contributed by atoms with van der Waals surface area (Å²) in [7, 11) is 1.65. The van der Waals surface area contributed by atoms with Crippen molar-refractivity contribution in [3.8, 4) is 5.75 Å². The predicted octanol–water partition coefficient (Wildman–Crippen LogP) is 2.50. The molecule has 23 heavy (non-hydrogen) atoms. The Labute approximate surface area is 143 Å². The molecule has 1 amide bonds. The van der Waals surface area contributed by atoms with Crippen LogP contribution < -0.4 is 15.0 Å². The fourth-order valence-electron chi connectivity index (χ4n) is 2.55. The van der Waals surface area contributed by atoms with Crippen molar-refractivity contribution >= 4 is 46.3 Å². The van der Waals surface area contributed by atoms with Gasteiger partial charge in [0.15, 0.2) is 5.17 Å². The number of methoxy groups -OCH3 is 1. The molecule has 2 fully saturated rings. The normalized spacial score (nSPS) is 19.8. The number of anilines is 1. The van der Waals surface area contributed by atoms with E-state index in [2.05, 4.69) is 20.4 Å². The summed E-state index contributed by atoms with van der Waals surface area (Å²) >= 11 is 7.69. The van der Waals surface area contributed by atoms with E-state index in [9.17, 15) is 4.79 Å². The van der Waals surface area contributed by atoms with E-state index in [0.717, 1.165) is 30.1 Å². The van der Waals surface area contributed by atoms with Crippen molar-refractivity contribution in [3.05, 3.63) is 22.7 Å².